The number of hydrogen-bond donors (Lipinski definition) is 3. The van der Waals surface area contributed by atoms with Crippen molar-refractivity contribution >= 4 is 33.3 Å². The molecule has 0 saturated heterocycles. The summed E-state index contributed by atoms with van der Waals surface area (Å²) in [6.45, 7) is 11.5. The van der Waals surface area contributed by atoms with Crippen LogP contribution < -0.4 is 14.8 Å². The van der Waals surface area contributed by atoms with Crippen molar-refractivity contribution in [2.45, 2.75) is 84.0 Å². The predicted octanol–water partition coefficient (Wildman–Crippen LogP) is 5.36. The molecule has 0 fully saturated rings. The summed E-state index contributed by atoms with van der Waals surface area (Å²) in [6, 6.07) is 10.2. The van der Waals surface area contributed by atoms with Gasteiger partial charge in [0.05, 0.1) is 35.3 Å². The Bertz CT molecular complexity index is 1670. The van der Waals surface area contributed by atoms with Crippen LogP contribution in [-0.4, -0.2) is 92.0 Å². The predicted molar refractivity (Wildman–Crippen MR) is 186 cm³/mol. The van der Waals surface area contributed by atoms with Gasteiger partial charge >= 0.3 is 6.03 Å². The lowest BCUT2D eigenvalue weighted by molar-refractivity contribution is -0.0115. The second-order valence-corrected chi connectivity index (χ2v) is 14.6. The number of fused-ring (bicyclic) bond motifs is 1. The van der Waals surface area contributed by atoms with Crippen molar-refractivity contribution in [3.05, 3.63) is 65.0 Å². The average molecular weight is 700 g/mol. The van der Waals surface area contributed by atoms with Gasteiger partial charge in [0.25, 0.3) is 15.9 Å². The van der Waals surface area contributed by atoms with Crippen molar-refractivity contribution in [3.63, 3.8) is 0 Å². The molecule has 0 radical (unpaired) electrons. The molecule has 0 unspecified atom stereocenters. The maximum absolute atomic E-state index is 14.4. The highest BCUT2D eigenvalue weighted by atomic mass is 32.2. The minimum absolute atomic E-state index is 0.0927. The lowest BCUT2D eigenvalue weighted by Gasteiger charge is -2.35. The quantitative estimate of drug-likeness (QED) is 0.281. The van der Waals surface area contributed by atoms with Gasteiger partial charge in [-0.3, -0.25) is 9.52 Å². The molecule has 2 heterocycles. The lowest BCUT2D eigenvalue weighted by Crippen LogP contribution is -2.48. The van der Waals surface area contributed by atoms with Gasteiger partial charge in [0.1, 0.15) is 17.1 Å². The first-order valence-corrected chi connectivity index (χ1v) is 18.1. The summed E-state index contributed by atoms with van der Waals surface area (Å²) in [5, 5.41) is 17.0. The molecule has 2 aromatic carbocycles. The normalized spacial score (nSPS) is 20.0. The van der Waals surface area contributed by atoms with Crippen molar-refractivity contribution < 1.29 is 37.1 Å². The molecule has 4 rings (SSSR count). The third-order valence-electron chi connectivity index (χ3n) is 8.70. The van der Waals surface area contributed by atoms with Crippen LogP contribution in [0.25, 0.3) is 0 Å². The maximum Gasteiger partial charge on any atom is 0.321 e. The Morgan fingerprint density at radius 3 is 2.49 bits per heavy atom. The summed E-state index contributed by atoms with van der Waals surface area (Å²) in [5.74, 6) is 0.104. The van der Waals surface area contributed by atoms with Crippen LogP contribution in [0.3, 0.4) is 0 Å². The smallest absolute Gasteiger partial charge is 0.321 e. The Labute approximate surface area is 289 Å². The van der Waals surface area contributed by atoms with Gasteiger partial charge in [-0.05, 0) is 84.2 Å². The minimum atomic E-state index is -3.94. The van der Waals surface area contributed by atoms with E-state index in [1.807, 2.05) is 20.8 Å². The van der Waals surface area contributed by atoms with Crippen LogP contribution >= 0.6 is 0 Å². The molecular formula is C35H49N5O8S. The van der Waals surface area contributed by atoms with E-state index >= 15 is 0 Å². The highest BCUT2D eigenvalue weighted by Crippen LogP contribution is 2.30. The summed E-state index contributed by atoms with van der Waals surface area (Å²) >= 11 is 0. The third-order valence-corrected chi connectivity index (χ3v) is 10.1. The first kappa shape index (κ1) is 37.7. The van der Waals surface area contributed by atoms with Crippen molar-refractivity contribution in [2.24, 2.45) is 5.92 Å². The highest BCUT2D eigenvalue weighted by Gasteiger charge is 2.31. The van der Waals surface area contributed by atoms with Crippen LogP contribution in [0.5, 0.6) is 5.75 Å². The van der Waals surface area contributed by atoms with Crippen molar-refractivity contribution in [2.75, 3.05) is 43.4 Å². The van der Waals surface area contributed by atoms with Gasteiger partial charge < -0.3 is 34.2 Å². The van der Waals surface area contributed by atoms with Crippen molar-refractivity contribution in [1.82, 2.24) is 15.0 Å². The van der Waals surface area contributed by atoms with E-state index in [0.29, 0.717) is 35.9 Å². The maximum atomic E-state index is 14.4. The first-order chi connectivity index (χ1) is 23.2. The molecule has 1 aromatic heterocycles. The summed E-state index contributed by atoms with van der Waals surface area (Å²) in [4.78, 5) is 30.7. The number of nitrogens with one attached hydrogen (secondary N) is 2. The molecule has 3 aromatic rings. The molecule has 0 bridgehead atoms. The number of aliphatic hydroxyl groups is 1. The van der Waals surface area contributed by atoms with E-state index in [-0.39, 0.29) is 53.9 Å². The minimum Gasteiger partial charge on any atom is -0.490 e. The summed E-state index contributed by atoms with van der Waals surface area (Å²) in [7, 11) is -2.27. The molecule has 3 N–H and O–H groups in total. The van der Waals surface area contributed by atoms with Gasteiger partial charge in [-0.15, -0.1) is 0 Å². The second kappa shape index (κ2) is 16.5. The molecule has 268 valence electrons. The molecule has 49 heavy (non-hydrogen) atoms. The van der Waals surface area contributed by atoms with Crippen LogP contribution in [0.4, 0.5) is 16.2 Å². The number of carbonyl (C=O) groups excluding carboxylic acids is 2. The van der Waals surface area contributed by atoms with Crippen molar-refractivity contribution in [3.8, 4) is 5.75 Å². The van der Waals surface area contributed by atoms with Gasteiger partial charge in [0, 0.05) is 38.3 Å². The lowest BCUT2D eigenvalue weighted by atomic mass is 10.0. The number of amides is 3. The van der Waals surface area contributed by atoms with E-state index in [2.05, 4.69) is 15.2 Å². The molecule has 0 spiro atoms. The number of carbonyl (C=O) groups is 2. The van der Waals surface area contributed by atoms with E-state index < -0.39 is 28.1 Å². The number of rotatable bonds is 8. The van der Waals surface area contributed by atoms with Crippen LogP contribution in [-0.2, 0) is 14.8 Å². The molecule has 4 atom stereocenters. The fraction of sp³-hybridized carbons (Fsp3) is 0.514. The fourth-order valence-electron chi connectivity index (χ4n) is 5.60. The number of sulfonamides is 1. The van der Waals surface area contributed by atoms with Crippen LogP contribution in [0.1, 0.15) is 67.4 Å². The van der Waals surface area contributed by atoms with E-state index in [9.17, 15) is 23.1 Å². The summed E-state index contributed by atoms with van der Waals surface area (Å²) < 4.78 is 46.8. The number of hydrogen-bond acceptors (Lipinski definition) is 9. The molecule has 3 amide bonds. The molecular weight excluding hydrogens is 650 g/mol. The first-order valence-electron chi connectivity index (χ1n) is 16.6. The van der Waals surface area contributed by atoms with Gasteiger partial charge in [0.2, 0.25) is 0 Å². The number of aryl methyl sites for hydroxylation is 3. The second-order valence-electron chi connectivity index (χ2n) is 12.9. The van der Waals surface area contributed by atoms with E-state index in [4.69, 9.17) is 14.0 Å². The topological polar surface area (TPSA) is 164 Å². The zero-order valence-corrected chi connectivity index (χ0v) is 30.2. The number of ether oxygens (including phenoxy) is 2. The zero-order valence-electron chi connectivity index (χ0n) is 29.4. The number of likely N-dealkylation sites (N-methyl/N-ethyl adjacent to an activating group) is 1. The molecule has 14 heteroatoms. The molecule has 0 saturated carbocycles. The number of nitrogens with zero attached hydrogens (tertiary/aromatic N) is 3. The highest BCUT2D eigenvalue weighted by molar-refractivity contribution is 7.92. The van der Waals surface area contributed by atoms with Crippen LogP contribution in [0.2, 0.25) is 0 Å². The third kappa shape index (κ3) is 9.73. The van der Waals surface area contributed by atoms with Gasteiger partial charge in [-0.1, -0.05) is 29.8 Å². The number of benzene rings is 2. The Balaban J connectivity index is 1.63. The molecule has 0 aliphatic carbocycles. The Kier molecular flexibility index (Phi) is 12.7. The Morgan fingerprint density at radius 2 is 1.84 bits per heavy atom. The number of urea groups is 1. The van der Waals surface area contributed by atoms with E-state index in [1.54, 1.807) is 57.0 Å². The van der Waals surface area contributed by atoms with Gasteiger partial charge in [-0.25, -0.2) is 13.2 Å². The van der Waals surface area contributed by atoms with Gasteiger partial charge in [0.15, 0.2) is 5.76 Å². The number of anilines is 2. The van der Waals surface area contributed by atoms with E-state index in [1.165, 1.54) is 23.1 Å². The average Bonchev–Trinajstić information content (AvgIpc) is 3.38. The van der Waals surface area contributed by atoms with Crippen LogP contribution in [0, 0.1) is 26.7 Å². The summed E-state index contributed by atoms with van der Waals surface area (Å²) in [5.41, 5.74) is 2.37. The molecule has 1 aliphatic heterocycles. The molecule has 1 aliphatic rings. The number of aliphatic hydroxyl groups excluding tert-OH is 1. The Hall–Kier alpha value is -4.14. The zero-order chi connectivity index (χ0) is 35.9. The monoisotopic (exact) mass is 699 g/mol. The molecule has 13 nitrogen and oxygen atoms in total. The Morgan fingerprint density at radius 1 is 1.12 bits per heavy atom. The largest absolute Gasteiger partial charge is 0.490 e. The SMILES string of the molecule is Cc1ccc(S(=O)(=O)Nc2ccc3c(c2)C(=O)N([C@H](C)CO)C[C@H](C)[C@@H](CN(C)C(=O)Nc2c(C)noc2C)OCCCC[C@H](C)O3)cc1. The number of aromatic nitrogens is 1. The standard InChI is InChI=1S/C35H49N5O8S/c1-22-11-14-29(15-12-22)49(44,45)38-28-13-16-31-30(18-28)34(42)40(24(3)21-41)19-23(2)32(46-17-9-8-10-25(4)47-31)20-39(7)35(43)36-33-26(5)37-48-27(33)6/h11-16,18,23-25,32,38,41H,8-10,17,19-21H2,1-7H3,(H,36,43)/t23-,24+,25-,32+/m0/s1. The summed E-state index contributed by atoms with van der Waals surface area (Å²) in [6.07, 6.45) is 1.55. The van der Waals surface area contributed by atoms with Gasteiger partial charge in [-0.2, -0.15) is 0 Å². The van der Waals surface area contributed by atoms with Crippen LogP contribution in [0.15, 0.2) is 51.9 Å². The fourth-order valence-corrected chi connectivity index (χ4v) is 6.65. The van der Waals surface area contributed by atoms with E-state index in [0.717, 1.165) is 18.4 Å². The van der Waals surface area contributed by atoms with Crippen molar-refractivity contribution in [1.29, 1.82) is 0 Å².